The van der Waals surface area contributed by atoms with Gasteiger partial charge < -0.3 is 4.74 Å². The summed E-state index contributed by atoms with van der Waals surface area (Å²) in [6, 6.07) is 4.52. The second-order valence-electron chi connectivity index (χ2n) is 3.16. The molecule has 0 radical (unpaired) electrons. The van der Waals surface area contributed by atoms with E-state index in [1.165, 1.54) is 6.07 Å². The van der Waals surface area contributed by atoms with Gasteiger partial charge in [-0.3, -0.25) is 4.79 Å². The van der Waals surface area contributed by atoms with Crippen molar-refractivity contribution in [2.24, 2.45) is 0 Å². The fourth-order valence-electron chi connectivity index (χ4n) is 1.23. The Morgan fingerprint density at radius 2 is 2.29 bits per heavy atom. The minimum absolute atomic E-state index is 0.0844. The molecular formula is C10H8BrFO2. The fraction of sp³-hybridized carbons (Fsp3) is 0.300. The maximum Gasteiger partial charge on any atom is 0.173 e. The predicted octanol–water partition coefficient (Wildman–Crippen LogP) is 2.70. The maximum atomic E-state index is 13.0. The molecule has 2 nitrogen and oxygen atoms in total. The summed E-state index contributed by atoms with van der Waals surface area (Å²) in [7, 11) is 0. The summed E-state index contributed by atoms with van der Waals surface area (Å²) < 4.78 is 18.7. The van der Waals surface area contributed by atoms with Crippen molar-refractivity contribution in [2.75, 3.05) is 0 Å². The van der Waals surface area contributed by atoms with Gasteiger partial charge in [-0.15, -0.1) is 0 Å². The zero-order chi connectivity index (χ0) is 10.1. The van der Waals surface area contributed by atoms with E-state index < -0.39 is 0 Å². The Bertz CT molecular complexity index is 378. The molecule has 2 rings (SSSR count). The Balaban J connectivity index is 2.16. The van der Waals surface area contributed by atoms with Gasteiger partial charge in [0, 0.05) is 6.42 Å². The molecule has 1 aromatic carbocycles. The standard InChI is InChI=1S/C10H8BrFO2/c11-10-6(12)2-1-3-9(10)14-8-5-4-7(8)13/h1-3,8H,4-5H2. The van der Waals surface area contributed by atoms with Crippen molar-refractivity contribution in [3.8, 4) is 5.75 Å². The molecule has 4 heteroatoms. The van der Waals surface area contributed by atoms with Crippen LogP contribution in [0.15, 0.2) is 22.7 Å². The van der Waals surface area contributed by atoms with E-state index in [1.54, 1.807) is 12.1 Å². The highest BCUT2D eigenvalue weighted by Crippen LogP contribution is 2.30. The molecule has 0 aromatic heterocycles. The van der Waals surface area contributed by atoms with E-state index in [-0.39, 0.29) is 22.2 Å². The van der Waals surface area contributed by atoms with E-state index in [1.807, 2.05) is 0 Å². The van der Waals surface area contributed by atoms with Crippen molar-refractivity contribution < 1.29 is 13.9 Å². The average molecular weight is 259 g/mol. The fourth-order valence-corrected chi connectivity index (χ4v) is 1.59. The molecule has 0 bridgehead atoms. The molecule has 1 fully saturated rings. The van der Waals surface area contributed by atoms with Crippen LogP contribution in [0.2, 0.25) is 0 Å². The van der Waals surface area contributed by atoms with Gasteiger partial charge in [0.2, 0.25) is 0 Å². The van der Waals surface area contributed by atoms with E-state index in [2.05, 4.69) is 15.9 Å². The van der Waals surface area contributed by atoms with Gasteiger partial charge in [-0.05, 0) is 34.5 Å². The molecule has 1 unspecified atom stereocenters. The average Bonchev–Trinajstić information content (AvgIpc) is 2.18. The van der Waals surface area contributed by atoms with Crippen LogP contribution in [0.4, 0.5) is 4.39 Å². The van der Waals surface area contributed by atoms with Crippen LogP contribution in [0.5, 0.6) is 5.75 Å². The third-order valence-electron chi connectivity index (χ3n) is 2.20. The van der Waals surface area contributed by atoms with Crippen molar-refractivity contribution in [3.63, 3.8) is 0 Å². The van der Waals surface area contributed by atoms with E-state index in [9.17, 15) is 9.18 Å². The molecule has 74 valence electrons. The molecule has 1 atom stereocenters. The largest absolute Gasteiger partial charge is 0.481 e. The molecule has 0 saturated heterocycles. The molecular weight excluding hydrogens is 251 g/mol. The van der Waals surface area contributed by atoms with Crippen LogP contribution < -0.4 is 4.74 Å². The van der Waals surface area contributed by atoms with Crippen LogP contribution >= 0.6 is 15.9 Å². The van der Waals surface area contributed by atoms with E-state index >= 15 is 0 Å². The van der Waals surface area contributed by atoms with Crippen LogP contribution in [-0.2, 0) is 4.79 Å². The van der Waals surface area contributed by atoms with Gasteiger partial charge in [-0.2, -0.15) is 0 Å². The van der Waals surface area contributed by atoms with Crippen molar-refractivity contribution in [3.05, 3.63) is 28.5 Å². The molecule has 0 N–H and O–H groups in total. The van der Waals surface area contributed by atoms with Crippen LogP contribution in [0.3, 0.4) is 0 Å². The molecule has 1 aliphatic rings. The lowest BCUT2D eigenvalue weighted by atomic mass is 9.94. The number of ether oxygens (including phenoxy) is 1. The third kappa shape index (κ3) is 1.66. The minimum atomic E-state index is -0.381. The summed E-state index contributed by atoms with van der Waals surface area (Å²) in [6.07, 6.45) is 0.910. The van der Waals surface area contributed by atoms with E-state index in [0.717, 1.165) is 6.42 Å². The number of carbonyl (C=O) groups excluding carboxylic acids is 1. The van der Waals surface area contributed by atoms with Gasteiger partial charge in [0.15, 0.2) is 11.9 Å². The molecule has 14 heavy (non-hydrogen) atoms. The number of Topliss-reactive ketones (excluding diaryl/α,β-unsaturated/α-hetero) is 1. The summed E-state index contributed by atoms with van der Waals surface area (Å²) in [5.74, 6) is 0.0958. The first-order chi connectivity index (χ1) is 6.68. The lowest BCUT2D eigenvalue weighted by molar-refractivity contribution is -0.133. The van der Waals surface area contributed by atoms with Gasteiger partial charge in [0.1, 0.15) is 11.6 Å². The second kappa shape index (κ2) is 3.69. The Morgan fingerprint density at radius 1 is 1.50 bits per heavy atom. The lowest BCUT2D eigenvalue weighted by Crippen LogP contribution is -2.36. The van der Waals surface area contributed by atoms with Crippen molar-refractivity contribution in [2.45, 2.75) is 18.9 Å². The Morgan fingerprint density at radius 3 is 2.86 bits per heavy atom. The third-order valence-corrected chi connectivity index (χ3v) is 2.97. The molecule has 1 aliphatic carbocycles. The first-order valence-corrected chi connectivity index (χ1v) is 5.11. The SMILES string of the molecule is O=C1CCC1Oc1cccc(F)c1Br. The first kappa shape index (κ1) is 9.65. The highest BCUT2D eigenvalue weighted by Gasteiger charge is 2.30. The molecule has 0 aliphatic heterocycles. The first-order valence-electron chi connectivity index (χ1n) is 4.32. The molecule has 0 heterocycles. The molecule has 1 saturated carbocycles. The monoisotopic (exact) mass is 258 g/mol. The van der Waals surface area contributed by atoms with Gasteiger partial charge in [-0.1, -0.05) is 6.07 Å². The van der Waals surface area contributed by atoms with Gasteiger partial charge in [-0.25, -0.2) is 4.39 Å². The molecule has 1 aromatic rings. The van der Waals surface area contributed by atoms with Crippen LogP contribution in [0.25, 0.3) is 0 Å². The smallest absolute Gasteiger partial charge is 0.173 e. The number of hydrogen-bond donors (Lipinski definition) is 0. The number of benzene rings is 1. The Kier molecular flexibility index (Phi) is 2.54. The van der Waals surface area contributed by atoms with Crippen LogP contribution in [-0.4, -0.2) is 11.9 Å². The van der Waals surface area contributed by atoms with Crippen molar-refractivity contribution in [1.29, 1.82) is 0 Å². The highest BCUT2D eigenvalue weighted by molar-refractivity contribution is 9.10. The zero-order valence-electron chi connectivity index (χ0n) is 7.30. The zero-order valence-corrected chi connectivity index (χ0v) is 8.88. The maximum absolute atomic E-state index is 13.0. The molecule has 0 spiro atoms. The topological polar surface area (TPSA) is 26.3 Å². The summed E-state index contributed by atoms with van der Waals surface area (Å²) in [4.78, 5) is 11.0. The second-order valence-corrected chi connectivity index (χ2v) is 3.96. The normalized spacial score (nSPS) is 20.4. The highest BCUT2D eigenvalue weighted by atomic mass is 79.9. The number of carbonyl (C=O) groups is 1. The van der Waals surface area contributed by atoms with Crippen LogP contribution in [0.1, 0.15) is 12.8 Å². The Hall–Kier alpha value is -0.900. The summed E-state index contributed by atoms with van der Waals surface area (Å²) in [6.45, 7) is 0. The molecule has 0 amide bonds. The van der Waals surface area contributed by atoms with Crippen LogP contribution in [0, 0.1) is 5.82 Å². The summed E-state index contributed by atoms with van der Waals surface area (Å²) in [5, 5.41) is 0. The quantitative estimate of drug-likeness (QED) is 0.816. The van der Waals surface area contributed by atoms with Crippen molar-refractivity contribution in [1.82, 2.24) is 0 Å². The number of halogens is 2. The van der Waals surface area contributed by atoms with Gasteiger partial charge >= 0.3 is 0 Å². The van der Waals surface area contributed by atoms with Crippen molar-refractivity contribution >= 4 is 21.7 Å². The van der Waals surface area contributed by atoms with Gasteiger partial charge in [0.25, 0.3) is 0 Å². The lowest BCUT2D eigenvalue weighted by Gasteiger charge is -2.25. The van der Waals surface area contributed by atoms with E-state index in [4.69, 9.17) is 4.74 Å². The number of ketones is 1. The number of rotatable bonds is 2. The summed E-state index contributed by atoms with van der Waals surface area (Å²) in [5.41, 5.74) is 0. The van der Waals surface area contributed by atoms with E-state index in [0.29, 0.717) is 12.2 Å². The Labute approximate surface area is 89.2 Å². The number of hydrogen-bond acceptors (Lipinski definition) is 2. The predicted molar refractivity (Wildman–Crippen MR) is 52.8 cm³/mol. The minimum Gasteiger partial charge on any atom is -0.481 e. The van der Waals surface area contributed by atoms with Gasteiger partial charge in [0.05, 0.1) is 4.47 Å². The summed E-state index contributed by atoms with van der Waals surface area (Å²) >= 11 is 3.07.